The van der Waals surface area contributed by atoms with E-state index in [9.17, 15) is 4.79 Å². The van der Waals surface area contributed by atoms with Crippen LogP contribution in [-0.2, 0) is 6.42 Å². The van der Waals surface area contributed by atoms with Gasteiger partial charge >= 0.3 is 6.03 Å². The van der Waals surface area contributed by atoms with Crippen LogP contribution in [0.4, 0.5) is 4.79 Å². The average Bonchev–Trinajstić information content (AvgIpc) is 3.22. The fraction of sp³-hybridized carbons (Fsp3) is 0.519. The highest BCUT2D eigenvalue weighted by Crippen LogP contribution is 2.31. The molecular formula is C27H35N3O3. The van der Waals surface area contributed by atoms with Gasteiger partial charge in [0.15, 0.2) is 11.5 Å². The van der Waals surface area contributed by atoms with Crippen molar-refractivity contribution in [2.24, 2.45) is 5.92 Å². The highest BCUT2D eigenvalue weighted by Gasteiger charge is 2.30. The molecule has 1 unspecified atom stereocenters. The Labute approximate surface area is 197 Å². The molecule has 2 fully saturated rings. The molecule has 5 rings (SSSR count). The monoisotopic (exact) mass is 449 g/mol. The predicted molar refractivity (Wildman–Crippen MR) is 129 cm³/mol. The minimum atomic E-state index is 0.0977. The van der Waals surface area contributed by atoms with E-state index < -0.39 is 0 Å². The first-order valence-electron chi connectivity index (χ1n) is 12.4. The van der Waals surface area contributed by atoms with Crippen molar-refractivity contribution in [3.63, 3.8) is 0 Å². The molecule has 0 N–H and O–H groups in total. The molecule has 3 heterocycles. The van der Waals surface area contributed by atoms with E-state index >= 15 is 0 Å². The summed E-state index contributed by atoms with van der Waals surface area (Å²) >= 11 is 0. The minimum absolute atomic E-state index is 0.0977. The number of ether oxygens (including phenoxy) is 2. The molecule has 6 heteroatoms. The van der Waals surface area contributed by atoms with Crippen molar-refractivity contribution in [2.75, 3.05) is 52.4 Å². The zero-order valence-corrected chi connectivity index (χ0v) is 19.4. The molecule has 0 aromatic heterocycles. The molecule has 0 bridgehead atoms. The molecule has 2 saturated heterocycles. The number of amides is 2. The van der Waals surface area contributed by atoms with Gasteiger partial charge in [0.25, 0.3) is 0 Å². The molecule has 2 amide bonds. The Kier molecular flexibility index (Phi) is 7.01. The maximum absolute atomic E-state index is 12.8. The third kappa shape index (κ3) is 5.61. The van der Waals surface area contributed by atoms with Crippen LogP contribution < -0.4 is 9.47 Å². The number of benzene rings is 2. The highest BCUT2D eigenvalue weighted by molar-refractivity contribution is 5.76. The van der Waals surface area contributed by atoms with Crippen molar-refractivity contribution < 1.29 is 14.3 Å². The molecule has 33 heavy (non-hydrogen) atoms. The van der Waals surface area contributed by atoms with Crippen LogP contribution in [0, 0.1) is 5.92 Å². The Morgan fingerprint density at radius 1 is 0.818 bits per heavy atom. The normalized spacial score (nSPS) is 21.6. The fourth-order valence-corrected chi connectivity index (χ4v) is 5.19. The van der Waals surface area contributed by atoms with Gasteiger partial charge in [-0.1, -0.05) is 42.5 Å². The average molecular weight is 450 g/mol. The van der Waals surface area contributed by atoms with Crippen LogP contribution in [-0.4, -0.2) is 79.3 Å². The van der Waals surface area contributed by atoms with Crippen molar-refractivity contribution >= 4 is 6.03 Å². The minimum Gasteiger partial charge on any atom is -0.486 e. The number of carbonyl (C=O) groups excluding carboxylic acids is 1. The summed E-state index contributed by atoms with van der Waals surface area (Å²) in [4.78, 5) is 19.4. The number of para-hydroxylation sites is 2. The van der Waals surface area contributed by atoms with Crippen LogP contribution in [0.1, 0.15) is 24.8 Å². The molecular weight excluding hydrogens is 414 g/mol. The van der Waals surface area contributed by atoms with Crippen molar-refractivity contribution in [1.29, 1.82) is 0 Å². The van der Waals surface area contributed by atoms with Gasteiger partial charge in [-0.25, -0.2) is 4.79 Å². The predicted octanol–water partition coefficient (Wildman–Crippen LogP) is 3.91. The highest BCUT2D eigenvalue weighted by atomic mass is 16.6. The first kappa shape index (κ1) is 22.1. The SMILES string of the molecule is O=C1N(CCc2ccccc2)CCN1CCC1CCN(CC2COc3ccccc3O2)CC1. The van der Waals surface area contributed by atoms with Crippen molar-refractivity contribution in [3.8, 4) is 11.5 Å². The van der Waals surface area contributed by atoms with Gasteiger partial charge in [0.2, 0.25) is 0 Å². The standard InChI is InChI=1S/C27H35N3O3/c31-27-29(16-12-22-6-2-1-3-7-22)18-19-30(27)17-13-23-10-14-28(15-11-23)20-24-21-32-25-8-4-5-9-26(25)33-24/h1-9,23-24H,10-21H2. The van der Waals surface area contributed by atoms with Gasteiger partial charge < -0.3 is 19.3 Å². The van der Waals surface area contributed by atoms with E-state index in [1.165, 1.54) is 18.4 Å². The molecule has 0 spiro atoms. The van der Waals surface area contributed by atoms with E-state index in [0.717, 1.165) is 70.2 Å². The topological polar surface area (TPSA) is 45.3 Å². The molecule has 3 aliphatic rings. The number of carbonyl (C=O) groups is 1. The van der Waals surface area contributed by atoms with E-state index in [-0.39, 0.29) is 12.1 Å². The van der Waals surface area contributed by atoms with Crippen LogP contribution in [0.3, 0.4) is 0 Å². The summed E-state index contributed by atoms with van der Waals surface area (Å²) in [5.41, 5.74) is 1.30. The lowest BCUT2D eigenvalue weighted by atomic mass is 9.93. The van der Waals surface area contributed by atoms with E-state index in [1.54, 1.807) is 0 Å². The van der Waals surface area contributed by atoms with Crippen LogP contribution in [0.5, 0.6) is 11.5 Å². The summed E-state index contributed by atoms with van der Waals surface area (Å²) < 4.78 is 12.0. The van der Waals surface area contributed by atoms with Crippen LogP contribution in [0.2, 0.25) is 0 Å². The zero-order valence-electron chi connectivity index (χ0n) is 19.4. The van der Waals surface area contributed by atoms with Crippen molar-refractivity contribution in [1.82, 2.24) is 14.7 Å². The number of urea groups is 1. The van der Waals surface area contributed by atoms with Gasteiger partial charge in [0.05, 0.1) is 0 Å². The van der Waals surface area contributed by atoms with Gasteiger partial charge in [-0.15, -0.1) is 0 Å². The molecule has 0 saturated carbocycles. The Hall–Kier alpha value is -2.73. The number of rotatable bonds is 8. The number of likely N-dealkylation sites (tertiary alicyclic amines) is 1. The van der Waals surface area contributed by atoms with E-state index in [1.807, 2.05) is 35.2 Å². The number of fused-ring (bicyclic) bond motifs is 1. The number of piperidine rings is 1. The summed E-state index contributed by atoms with van der Waals surface area (Å²) in [5, 5.41) is 0. The molecule has 1 atom stereocenters. The third-order valence-corrected chi connectivity index (χ3v) is 7.24. The lowest BCUT2D eigenvalue weighted by molar-refractivity contribution is 0.0468. The van der Waals surface area contributed by atoms with Gasteiger partial charge in [-0.3, -0.25) is 4.90 Å². The lowest BCUT2D eigenvalue weighted by Gasteiger charge is -2.36. The molecule has 176 valence electrons. The Morgan fingerprint density at radius 2 is 1.52 bits per heavy atom. The van der Waals surface area contributed by atoms with Crippen molar-refractivity contribution in [3.05, 3.63) is 60.2 Å². The molecule has 6 nitrogen and oxygen atoms in total. The number of nitrogens with zero attached hydrogens (tertiary/aromatic N) is 3. The number of hydrogen-bond acceptors (Lipinski definition) is 4. The van der Waals surface area contributed by atoms with E-state index in [0.29, 0.717) is 12.5 Å². The van der Waals surface area contributed by atoms with Crippen LogP contribution in [0.25, 0.3) is 0 Å². The van der Waals surface area contributed by atoms with Crippen LogP contribution >= 0.6 is 0 Å². The van der Waals surface area contributed by atoms with Gasteiger partial charge in [-0.05, 0) is 62.4 Å². The molecule has 0 aliphatic carbocycles. The third-order valence-electron chi connectivity index (χ3n) is 7.24. The maximum Gasteiger partial charge on any atom is 0.320 e. The molecule has 2 aromatic carbocycles. The Morgan fingerprint density at radius 3 is 2.30 bits per heavy atom. The first-order valence-corrected chi connectivity index (χ1v) is 12.4. The summed E-state index contributed by atoms with van der Waals surface area (Å²) in [6.45, 7) is 7.17. The largest absolute Gasteiger partial charge is 0.486 e. The summed E-state index contributed by atoms with van der Waals surface area (Å²) in [6.07, 6.45) is 4.54. The lowest BCUT2D eigenvalue weighted by Crippen LogP contribution is -2.44. The van der Waals surface area contributed by atoms with Gasteiger partial charge in [0.1, 0.15) is 12.7 Å². The smallest absolute Gasteiger partial charge is 0.320 e. The van der Waals surface area contributed by atoms with Crippen molar-refractivity contribution in [2.45, 2.75) is 31.8 Å². The summed E-state index contributed by atoms with van der Waals surface area (Å²) in [6, 6.07) is 18.6. The van der Waals surface area contributed by atoms with Gasteiger partial charge in [-0.2, -0.15) is 0 Å². The van der Waals surface area contributed by atoms with E-state index in [2.05, 4.69) is 34.1 Å². The van der Waals surface area contributed by atoms with Gasteiger partial charge in [0, 0.05) is 32.7 Å². The van der Waals surface area contributed by atoms with E-state index in [4.69, 9.17) is 9.47 Å². The zero-order chi connectivity index (χ0) is 22.5. The summed E-state index contributed by atoms with van der Waals surface area (Å²) in [5.74, 6) is 2.41. The Balaban J connectivity index is 0.998. The molecule has 3 aliphatic heterocycles. The quantitative estimate of drug-likeness (QED) is 0.613. The first-order chi connectivity index (χ1) is 16.2. The molecule has 2 aromatic rings. The second kappa shape index (κ2) is 10.5. The second-order valence-corrected chi connectivity index (χ2v) is 9.52. The maximum atomic E-state index is 12.8. The fourth-order valence-electron chi connectivity index (χ4n) is 5.19. The molecule has 0 radical (unpaired) electrons. The second-order valence-electron chi connectivity index (χ2n) is 9.52. The Bertz CT molecular complexity index is 914. The van der Waals surface area contributed by atoms with Crippen LogP contribution in [0.15, 0.2) is 54.6 Å². The summed E-state index contributed by atoms with van der Waals surface area (Å²) in [7, 11) is 0. The number of hydrogen-bond donors (Lipinski definition) is 0.